The summed E-state index contributed by atoms with van der Waals surface area (Å²) in [5, 5.41) is 7.80. The normalized spacial score (nSPS) is 21.5. The molecule has 1 atom stereocenters. The highest BCUT2D eigenvalue weighted by atomic mass is 127. The molecule has 1 unspecified atom stereocenters. The number of aromatic nitrogens is 2. The number of carbonyl (C=O) groups is 1. The molecule has 1 aromatic heterocycles. The Labute approximate surface area is 186 Å². The number of nitrogens with one attached hydrogen (secondary N) is 1. The molecule has 1 N–H and O–H groups in total. The highest BCUT2D eigenvalue weighted by Crippen LogP contribution is 2.39. The zero-order valence-electron chi connectivity index (χ0n) is 17.6. The van der Waals surface area contributed by atoms with Crippen LogP contribution in [0.3, 0.4) is 0 Å². The van der Waals surface area contributed by atoms with Crippen LogP contribution in [0.1, 0.15) is 37.7 Å². The molecule has 28 heavy (non-hydrogen) atoms. The summed E-state index contributed by atoms with van der Waals surface area (Å²) >= 11 is 0. The smallest absolute Gasteiger partial charge is 0.230 e. The molecule has 158 valence electrons. The molecule has 0 aromatic carbocycles. The fraction of sp³-hybridized carbons (Fsp3) is 0.750. The first-order chi connectivity index (χ1) is 12.9. The van der Waals surface area contributed by atoms with Crippen molar-refractivity contribution >= 4 is 35.8 Å². The van der Waals surface area contributed by atoms with Crippen LogP contribution in [0.15, 0.2) is 17.4 Å². The molecule has 2 fully saturated rings. The average Bonchev–Trinajstić information content (AvgIpc) is 3.38. The number of guanidine groups is 1. The van der Waals surface area contributed by atoms with Gasteiger partial charge in [0.2, 0.25) is 5.91 Å². The van der Waals surface area contributed by atoms with E-state index >= 15 is 0 Å². The van der Waals surface area contributed by atoms with Gasteiger partial charge in [-0.3, -0.25) is 14.5 Å². The Morgan fingerprint density at radius 1 is 1.39 bits per heavy atom. The van der Waals surface area contributed by atoms with E-state index in [4.69, 9.17) is 0 Å². The van der Waals surface area contributed by atoms with Crippen molar-refractivity contribution in [3.05, 3.63) is 18.0 Å². The molecular formula is C20H35IN6O. The lowest BCUT2D eigenvalue weighted by Crippen LogP contribution is -2.49. The molecule has 0 bridgehead atoms. The summed E-state index contributed by atoms with van der Waals surface area (Å²) in [6.45, 7) is 2.70. The van der Waals surface area contributed by atoms with Crippen molar-refractivity contribution in [1.29, 1.82) is 0 Å². The monoisotopic (exact) mass is 502 g/mol. The van der Waals surface area contributed by atoms with Gasteiger partial charge in [-0.2, -0.15) is 5.10 Å². The SMILES string of the molecule is CN=C(NCC1(C(=O)N(C)C)CCCC1)N1CCC(Cc2cnn(C)c2)C1.I. The van der Waals surface area contributed by atoms with Gasteiger partial charge in [-0.05, 0) is 37.2 Å². The van der Waals surface area contributed by atoms with E-state index in [1.807, 2.05) is 39.1 Å². The van der Waals surface area contributed by atoms with Gasteiger partial charge in [0.25, 0.3) is 0 Å². The number of halogens is 1. The van der Waals surface area contributed by atoms with Gasteiger partial charge in [0, 0.05) is 54.0 Å². The van der Waals surface area contributed by atoms with Crippen LogP contribution >= 0.6 is 24.0 Å². The number of likely N-dealkylation sites (tertiary alicyclic amines) is 1. The van der Waals surface area contributed by atoms with E-state index < -0.39 is 0 Å². The Kier molecular flexibility index (Phi) is 8.15. The van der Waals surface area contributed by atoms with E-state index in [2.05, 4.69) is 26.5 Å². The van der Waals surface area contributed by atoms with Crippen molar-refractivity contribution in [2.45, 2.75) is 38.5 Å². The fourth-order valence-corrected chi connectivity index (χ4v) is 4.68. The molecule has 3 rings (SSSR count). The minimum Gasteiger partial charge on any atom is -0.355 e. The lowest BCUT2D eigenvalue weighted by Gasteiger charge is -2.32. The zero-order valence-corrected chi connectivity index (χ0v) is 20.0. The Morgan fingerprint density at radius 2 is 2.11 bits per heavy atom. The number of hydrogen-bond acceptors (Lipinski definition) is 3. The Balaban J connectivity index is 0.00000280. The predicted molar refractivity (Wildman–Crippen MR) is 123 cm³/mol. The highest BCUT2D eigenvalue weighted by Gasteiger charge is 2.42. The second-order valence-electron chi connectivity index (χ2n) is 8.41. The van der Waals surface area contributed by atoms with Crippen molar-refractivity contribution < 1.29 is 4.79 Å². The first kappa shape index (κ1) is 23.0. The van der Waals surface area contributed by atoms with Crippen LogP contribution in [0.2, 0.25) is 0 Å². The number of nitrogens with zero attached hydrogens (tertiary/aromatic N) is 5. The maximum absolute atomic E-state index is 12.8. The molecule has 1 saturated heterocycles. The van der Waals surface area contributed by atoms with Crippen molar-refractivity contribution in [2.24, 2.45) is 23.4 Å². The Bertz CT molecular complexity index is 680. The summed E-state index contributed by atoms with van der Waals surface area (Å²) in [5.74, 6) is 1.80. The molecule has 1 aromatic rings. The zero-order chi connectivity index (χ0) is 19.4. The van der Waals surface area contributed by atoms with E-state index in [0.717, 1.165) is 57.6 Å². The number of aryl methyl sites for hydroxylation is 1. The molecule has 2 heterocycles. The maximum Gasteiger partial charge on any atom is 0.230 e. The van der Waals surface area contributed by atoms with Gasteiger partial charge in [0.05, 0.1) is 11.6 Å². The van der Waals surface area contributed by atoms with E-state index in [-0.39, 0.29) is 35.3 Å². The van der Waals surface area contributed by atoms with Crippen LogP contribution in [0, 0.1) is 11.3 Å². The van der Waals surface area contributed by atoms with E-state index in [0.29, 0.717) is 12.5 Å². The van der Waals surface area contributed by atoms with Gasteiger partial charge in [0.1, 0.15) is 0 Å². The van der Waals surface area contributed by atoms with Crippen LogP contribution < -0.4 is 5.32 Å². The molecular weight excluding hydrogens is 467 g/mol. The third kappa shape index (κ3) is 5.18. The van der Waals surface area contributed by atoms with Crippen molar-refractivity contribution in [3.63, 3.8) is 0 Å². The third-order valence-electron chi connectivity index (χ3n) is 6.09. The summed E-state index contributed by atoms with van der Waals surface area (Å²) in [4.78, 5) is 21.4. The quantitative estimate of drug-likeness (QED) is 0.381. The minimum atomic E-state index is -0.270. The summed E-state index contributed by atoms with van der Waals surface area (Å²) in [6, 6.07) is 0. The van der Waals surface area contributed by atoms with Gasteiger partial charge in [-0.1, -0.05) is 12.8 Å². The molecule has 7 nitrogen and oxygen atoms in total. The van der Waals surface area contributed by atoms with Gasteiger partial charge in [-0.25, -0.2) is 0 Å². The third-order valence-corrected chi connectivity index (χ3v) is 6.09. The van der Waals surface area contributed by atoms with Crippen molar-refractivity contribution in [1.82, 2.24) is 24.9 Å². The second kappa shape index (κ2) is 9.93. The highest BCUT2D eigenvalue weighted by molar-refractivity contribution is 14.0. The summed E-state index contributed by atoms with van der Waals surface area (Å²) in [7, 11) is 7.53. The van der Waals surface area contributed by atoms with Crippen molar-refractivity contribution in [2.75, 3.05) is 40.8 Å². The molecule has 1 amide bonds. The minimum absolute atomic E-state index is 0. The predicted octanol–water partition coefficient (Wildman–Crippen LogP) is 2.13. The Morgan fingerprint density at radius 3 is 2.68 bits per heavy atom. The first-order valence-electron chi connectivity index (χ1n) is 10.1. The molecule has 0 radical (unpaired) electrons. The fourth-order valence-electron chi connectivity index (χ4n) is 4.68. The topological polar surface area (TPSA) is 65.8 Å². The van der Waals surface area contributed by atoms with Crippen molar-refractivity contribution in [3.8, 4) is 0 Å². The summed E-state index contributed by atoms with van der Waals surface area (Å²) < 4.78 is 1.87. The standard InChI is InChI=1S/C20H34N6O.HI/c1-21-19(22-15-20(8-5-6-9-20)18(27)24(2)3)26-10-7-16(14-26)11-17-12-23-25(4)13-17;/h12-13,16H,5-11,14-15H2,1-4H3,(H,21,22);1H. The molecule has 1 aliphatic carbocycles. The van der Waals surface area contributed by atoms with Crippen LogP contribution in [0.25, 0.3) is 0 Å². The van der Waals surface area contributed by atoms with Crippen LogP contribution in [0.5, 0.6) is 0 Å². The Hall–Kier alpha value is -1.32. The number of amides is 1. The van der Waals surface area contributed by atoms with E-state index in [9.17, 15) is 4.79 Å². The lowest BCUT2D eigenvalue weighted by molar-refractivity contribution is -0.138. The molecule has 0 spiro atoms. The molecule has 1 aliphatic heterocycles. The maximum atomic E-state index is 12.8. The number of aliphatic imine (C=N–C) groups is 1. The lowest BCUT2D eigenvalue weighted by atomic mass is 9.84. The molecule has 2 aliphatic rings. The number of hydrogen-bond donors (Lipinski definition) is 1. The summed E-state index contributed by atoms with van der Waals surface area (Å²) in [5.41, 5.74) is 1.03. The van der Waals surface area contributed by atoms with E-state index in [1.165, 1.54) is 5.56 Å². The number of rotatable bonds is 5. The first-order valence-corrected chi connectivity index (χ1v) is 10.1. The number of carbonyl (C=O) groups excluding carboxylic acids is 1. The molecule has 8 heteroatoms. The molecule has 1 saturated carbocycles. The largest absolute Gasteiger partial charge is 0.355 e. The van der Waals surface area contributed by atoms with Crippen LogP contribution in [0.4, 0.5) is 0 Å². The van der Waals surface area contributed by atoms with Crippen LogP contribution in [-0.4, -0.2) is 72.2 Å². The van der Waals surface area contributed by atoms with Gasteiger partial charge in [-0.15, -0.1) is 24.0 Å². The van der Waals surface area contributed by atoms with Gasteiger partial charge in [0.15, 0.2) is 5.96 Å². The van der Waals surface area contributed by atoms with Crippen LogP contribution in [-0.2, 0) is 18.3 Å². The van der Waals surface area contributed by atoms with Gasteiger partial charge >= 0.3 is 0 Å². The van der Waals surface area contributed by atoms with Gasteiger partial charge < -0.3 is 15.1 Å². The average molecular weight is 502 g/mol. The summed E-state index contributed by atoms with van der Waals surface area (Å²) in [6.07, 6.45) is 10.5. The van der Waals surface area contributed by atoms with E-state index in [1.54, 1.807) is 4.90 Å². The second-order valence-corrected chi connectivity index (χ2v) is 8.41.